The maximum absolute atomic E-state index is 4.66. The van der Waals surface area contributed by atoms with Crippen LogP contribution in [-0.4, -0.2) is 19.7 Å². The first-order chi connectivity index (χ1) is 9.33. The molecule has 3 aromatic rings. The van der Waals surface area contributed by atoms with E-state index >= 15 is 0 Å². The highest BCUT2D eigenvalue weighted by atomic mass is 32.1. The molecule has 1 aliphatic rings. The van der Waals surface area contributed by atoms with Gasteiger partial charge in [-0.15, -0.1) is 21.5 Å². The zero-order chi connectivity index (χ0) is 12.8. The molecule has 5 heteroatoms. The van der Waals surface area contributed by atoms with Gasteiger partial charge in [-0.05, 0) is 31.1 Å². The summed E-state index contributed by atoms with van der Waals surface area (Å²) in [6.45, 7) is 3.02. The monoisotopic (exact) mass is 268 g/mol. The smallest absolute Gasteiger partial charge is 0.193 e. The van der Waals surface area contributed by atoms with E-state index in [4.69, 9.17) is 0 Å². The van der Waals surface area contributed by atoms with Crippen LogP contribution in [0.5, 0.6) is 0 Å². The molecule has 94 valence electrons. The summed E-state index contributed by atoms with van der Waals surface area (Å²) >= 11 is 1.68. The van der Waals surface area contributed by atoms with E-state index < -0.39 is 0 Å². The van der Waals surface area contributed by atoms with Gasteiger partial charge in [0.15, 0.2) is 16.7 Å². The Morgan fingerprint density at radius 1 is 1.16 bits per heavy atom. The Bertz CT molecular complexity index is 764. The molecule has 0 bridgehead atoms. The summed E-state index contributed by atoms with van der Waals surface area (Å²) < 4.78 is 3.37. The Morgan fingerprint density at radius 2 is 2.00 bits per heavy atom. The molecule has 4 rings (SSSR count). The number of hydrogen-bond acceptors (Lipinski definition) is 4. The van der Waals surface area contributed by atoms with E-state index in [2.05, 4.69) is 38.8 Å². The van der Waals surface area contributed by atoms with Gasteiger partial charge in [-0.1, -0.05) is 18.2 Å². The van der Waals surface area contributed by atoms with E-state index in [1.165, 1.54) is 10.3 Å². The summed E-state index contributed by atoms with van der Waals surface area (Å²) in [4.78, 5) is 4.66. The zero-order valence-corrected chi connectivity index (χ0v) is 11.3. The summed E-state index contributed by atoms with van der Waals surface area (Å²) in [6.07, 6.45) is 3.25. The van der Waals surface area contributed by atoms with Crippen molar-refractivity contribution in [3.8, 4) is 10.8 Å². The first-order valence-corrected chi connectivity index (χ1v) is 7.11. The fourth-order valence-corrected chi connectivity index (χ4v) is 3.39. The average Bonchev–Trinajstić information content (AvgIpc) is 3.02. The minimum atomic E-state index is 0.892. The van der Waals surface area contributed by atoms with Gasteiger partial charge in [0.1, 0.15) is 0 Å². The number of aromatic nitrogens is 4. The van der Waals surface area contributed by atoms with Crippen LogP contribution in [0.3, 0.4) is 0 Å². The van der Waals surface area contributed by atoms with Crippen molar-refractivity contribution >= 4 is 27.1 Å². The predicted molar refractivity (Wildman–Crippen MR) is 76.9 cm³/mol. The highest BCUT2D eigenvalue weighted by Gasteiger charge is 2.19. The summed E-state index contributed by atoms with van der Waals surface area (Å²) in [5.74, 6) is 1.86. The lowest BCUT2D eigenvalue weighted by atomic mass is 10.2. The van der Waals surface area contributed by atoms with Crippen LogP contribution >= 0.6 is 11.3 Å². The van der Waals surface area contributed by atoms with E-state index in [0.717, 1.165) is 35.1 Å². The average molecular weight is 268 g/mol. The molecule has 0 spiro atoms. The highest BCUT2D eigenvalue weighted by molar-refractivity contribution is 7.21. The van der Waals surface area contributed by atoms with Crippen LogP contribution in [-0.2, 0) is 6.54 Å². The summed E-state index contributed by atoms with van der Waals surface area (Å²) in [5.41, 5.74) is 2.23. The minimum absolute atomic E-state index is 0.892. The number of fused-ring (bicyclic) bond motifs is 2. The Labute approximate surface area is 114 Å². The maximum atomic E-state index is 4.66. The lowest BCUT2D eigenvalue weighted by Gasteiger charge is -2.12. The van der Waals surface area contributed by atoms with Gasteiger partial charge < -0.3 is 4.57 Å². The molecule has 1 aliphatic heterocycles. The molecule has 3 heterocycles. The number of hydrogen-bond donors (Lipinski definition) is 0. The van der Waals surface area contributed by atoms with Gasteiger partial charge in [-0.2, -0.15) is 0 Å². The fourth-order valence-electron chi connectivity index (χ4n) is 2.43. The van der Waals surface area contributed by atoms with Crippen LogP contribution in [0.2, 0.25) is 0 Å². The second-order valence-electron chi connectivity index (χ2n) is 4.66. The molecule has 0 amide bonds. The number of benzene rings is 1. The fraction of sp³-hybridized carbons (Fsp3) is 0.214. The van der Waals surface area contributed by atoms with E-state index in [-0.39, 0.29) is 0 Å². The molecule has 4 nitrogen and oxygen atoms in total. The van der Waals surface area contributed by atoms with Gasteiger partial charge in [0, 0.05) is 6.54 Å². The standard InChI is InChI=1S/C14H12N4S/c1-9-5-4-8-18-12(9)16-17-13(18)14-15-10-6-2-3-7-11(10)19-14/h2-3,5-7H,4,8H2,1H3. The molecule has 0 radical (unpaired) electrons. The molecule has 0 unspecified atom stereocenters. The van der Waals surface area contributed by atoms with Crippen molar-refractivity contribution in [2.75, 3.05) is 0 Å². The molecule has 2 aromatic heterocycles. The second kappa shape index (κ2) is 3.99. The number of para-hydroxylation sites is 1. The van der Waals surface area contributed by atoms with Crippen molar-refractivity contribution in [3.63, 3.8) is 0 Å². The van der Waals surface area contributed by atoms with Crippen molar-refractivity contribution in [3.05, 3.63) is 36.2 Å². The third-order valence-electron chi connectivity index (χ3n) is 3.39. The van der Waals surface area contributed by atoms with Crippen LogP contribution in [0.25, 0.3) is 26.6 Å². The molecule has 1 aromatic carbocycles. The molecule has 0 N–H and O–H groups in total. The number of thiazole rings is 1. The van der Waals surface area contributed by atoms with Crippen LogP contribution in [0.15, 0.2) is 30.3 Å². The molecular formula is C14H12N4S. The van der Waals surface area contributed by atoms with Crippen LogP contribution in [0.1, 0.15) is 19.2 Å². The third-order valence-corrected chi connectivity index (χ3v) is 4.42. The zero-order valence-electron chi connectivity index (χ0n) is 10.5. The van der Waals surface area contributed by atoms with E-state index in [9.17, 15) is 0 Å². The largest absolute Gasteiger partial charge is 0.305 e. The van der Waals surface area contributed by atoms with Crippen molar-refractivity contribution in [1.29, 1.82) is 0 Å². The number of nitrogens with zero attached hydrogens (tertiary/aromatic N) is 4. The first-order valence-electron chi connectivity index (χ1n) is 6.29. The van der Waals surface area contributed by atoms with Crippen molar-refractivity contribution < 1.29 is 0 Å². The van der Waals surface area contributed by atoms with Gasteiger partial charge in [-0.3, -0.25) is 0 Å². The van der Waals surface area contributed by atoms with Gasteiger partial charge in [0.2, 0.25) is 0 Å². The highest BCUT2D eigenvalue weighted by Crippen LogP contribution is 2.31. The van der Waals surface area contributed by atoms with Crippen molar-refractivity contribution in [2.24, 2.45) is 0 Å². The number of rotatable bonds is 1. The van der Waals surface area contributed by atoms with Gasteiger partial charge in [-0.25, -0.2) is 4.98 Å². The molecule has 0 saturated carbocycles. The lowest BCUT2D eigenvalue weighted by Crippen LogP contribution is -2.08. The SMILES string of the molecule is CC1=CCCn2c1nnc2-c1nc2ccccc2s1. The first kappa shape index (κ1) is 10.9. The van der Waals surface area contributed by atoms with E-state index in [0.29, 0.717) is 0 Å². The van der Waals surface area contributed by atoms with E-state index in [1.807, 2.05) is 18.2 Å². The molecule has 0 atom stereocenters. The van der Waals surface area contributed by atoms with Crippen LogP contribution in [0, 0.1) is 0 Å². The minimum Gasteiger partial charge on any atom is -0.305 e. The summed E-state index contributed by atoms with van der Waals surface area (Å²) in [7, 11) is 0. The molecule has 0 saturated heterocycles. The summed E-state index contributed by atoms with van der Waals surface area (Å²) in [5, 5.41) is 9.58. The lowest BCUT2D eigenvalue weighted by molar-refractivity contribution is 0.688. The Hall–Kier alpha value is -2.01. The third kappa shape index (κ3) is 1.62. The van der Waals surface area contributed by atoms with E-state index in [1.54, 1.807) is 11.3 Å². The summed E-state index contributed by atoms with van der Waals surface area (Å²) in [6, 6.07) is 8.18. The van der Waals surface area contributed by atoms with Crippen molar-refractivity contribution in [1.82, 2.24) is 19.7 Å². The van der Waals surface area contributed by atoms with Crippen molar-refractivity contribution in [2.45, 2.75) is 19.9 Å². The van der Waals surface area contributed by atoms with Crippen LogP contribution < -0.4 is 0 Å². The quantitative estimate of drug-likeness (QED) is 0.679. The molecule has 19 heavy (non-hydrogen) atoms. The van der Waals surface area contributed by atoms with Crippen LogP contribution in [0.4, 0.5) is 0 Å². The Kier molecular flexibility index (Phi) is 2.29. The van der Waals surface area contributed by atoms with Gasteiger partial charge in [0.05, 0.1) is 10.2 Å². The number of allylic oxidation sites excluding steroid dienone is 2. The predicted octanol–water partition coefficient (Wildman–Crippen LogP) is 3.36. The molecular weight excluding hydrogens is 256 g/mol. The maximum Gasteiger partial charge on any atom is 0.193 e. The molecule has 0 fully saturated rings. The van der Waals surface area contributed by atoms with Gasteiger partial charge >= 0.3 is 0 Å². The Balaban J connectivity index is 1.91. The Morgan fingerprint density at radius 3 is 2.89 bits per heavy atom. The van der Waals surface area contributed by atoms with Gasteiger partial charge in [0.25, 0.3) is 0 Å². The molecule has 0 aliphatic carbocycles. The second-order valence-corrected chi connectivity index (χ2v) is 5.69. The topological polar surface area (TPSA) is 43.6 Å². The normalized spacial score (nSPS) is 14.5.